The van der Waals surface area contributed by atoms with Gasteiger partial charge in [0.2, 0.25) is 0 Å². The molecular weight excluding hydrogens is 421 g/mol. The molecular formula is C21H15F3O5S. The molecule has 0 saturated heterocycles. The first-order valence-electron chi connectivity index (χ1n) is 8.51. The first kappa shape index (κ1) is 21.4. The molecule has 3 aromatic carbocycles. The molecule has 0 radical (unpaired) electrons. The van der Waals surface area contributed by atoms with E-state index in [0.717, 1.165) is 0 Å². The molecule has 30 heavy (non-hydrogen) atoms. The van der Waals surface area contributed by atoms with Gasteiger partial charge >= 0.3 is 21.6 Å². The van der Waals surface area contributed by atoms with E-state index in [1.807, 2.05) is 0 Å². The molecule has 0 spiro atoms. The molecule has 0 N–H and O–H groups in total. The largest absolute Gasteiger partial charge is 0.534 e. The molecule has 0 aromatic heterocycles. The van der Waals surface area contributed by atoms with E-state index in [9.17, 15) is 26.4 Å². The zero-order valence-electron chi connectivity index (χ0n) is 15.5. The van der Waals surface area contributed by atoms with E-state index in [-0.39, 0.29) is 5.56 Å². The van der Waals surface area contributed by atoms with E-state index < -0.39 is 27.3 Å². The van der Waals surface area contributed by atoms with Crippen LogP contribution in [0, 0.1) is 0 Å². The highest BCUT2D eigenvalue weighted by atomic mass is 32.2. The Labute approximate surface area is 170 Å². The van der Waals surface area contributed by atoms with Crippen molar-refractivity contribution in [2.75, 3.05) is 7.11 Å². The number of alkyl halides is 3. The maximum atomic E-state index is 12.9. The normalized spacial score (nSPS) is 11.7. The molecule has 0 aliphatic carbocycles. The van der Waals surface area contributed by atoms with Gasteiger partial charge in [0.05, 0.1) is 12.7 Å². The number of rotatable bonds is 5. The Morgan fingerprint density at radius 2 is 1.43 bits per heavy atom. The number of halogens is 3. The first-order chi connectivity index (χ1) is 14.1. The van der Waals surface area contributed by atoms with E-state index in [4.69, 9.17) is 0 Å². The average Bonchev–Trinajstić information content (AvgIpc) is 2.73. The third-order valence-corrected chi connectivity index (χ3v) is 5.15. The maximum absolute atomic E-state index is 12.9. The lowest BCUT2D eigenvalue weighted by molar-refractivity contribution is -0.0499. The third-order valence-electron chi connectivity index (χ3n) is 4.19. The molecule has 0 unspecified atom stereocenters. The zero-order chi connectivity index (χ0) is 21.9. The minimum atomic E-state index is -5.86. The van der Waals surface area contributed by atoms with Gasteiger partial charge < -0.3 is 8.92 Å². The topological polar surface area (TPSA) is 69.7 Å². The van der Waals surface area contributed by atoms with Crippen LogP contribution < -0.4 is 4.18 Å². The van der Waals surface area contributed by atoms with Crippen molar-refractivity contribution in [2.45, 2.75) is 5.51 Å². The highest BCUT2D eigenvalue weighted by molar-refractivity contribution is 7.88. The van der Waals surface area contributed by atoms with E-state index in [0.29, 0.717) is 22.3 Å². The number of methoxy groups -OCH3 is 1. The predicted molar refractivity (Wildman–Crippen MR) is 104 cm³/mol. The Hall–Kier alpha value is -3.33. The fourth-order valence-electron chi connectivity index (χ4n) is 2.71. The Kier molecular flexibility index (Phi) is 5.84. The fourth-order valence-corrected chi connectivity index (χ4v) is 3.18. The summed E-state index contributed by atoms with van der Waals surface area (Å²) in [5.74, 6) is -1.01. The molecule has 0 aliphatic rings. The van der Waals surface area contributed by atoms with Gasteiger partial charge in [-0.05, 0) is 41.0 Å². The average molecular weight is 436 g/mol. The van der Waals surface area contributed by atoms with Crippen LogP contribution >= 0.6 is 0 Å². The monoisotopic (exact) mass is 436 g/mol. The number of hydrogen-bond donors (Lipinski definition) is 0. The predicted octanol–water partition coefficient (Wildman–Crippen LogP) is 5.04. The summed E-state index contributed by atoms with van der Waals surface area (Å²) in [6.07, 6.45) is 0. The summed E-state index contributed by atoms with van der Waals surface area (Å²) in [5.41, 5.74) is -3.68. The molecule has 0 heterocycles. The highest BCUT2D eigenvalue weighted by Gasteiger charge is 2.48. The van der Waals surface area contributed by atoms with Crippen LogP contribution in [-0.2, 0) is 14.9 Å². The van der Waals surface area contributed by atoms with Crippen LogP contribution in [0.15, 0.2) is 72.8 Å². The molecule has 0 saturated carbocycles. The van der Waals surface area contributed by atoms with E-state index >= 15 is 0 Å². The highest BCUT2D eigenvalue weighted by Crippen LogP contribution is 2.37. The molecule has 0 atom stereocenters. The lowest BCUT2D eigenvalue weighted by atomic mass is 9.98. The molecule has 0 aliphatic heterocycles. The molecule has 3 aromatic rings. The second kappa shape index (κ2) is 8.19. The van der Waals surface area contributed by atoms with Crippen LogP contribution in [-0.4, -0.2) is 27.0 Å². The summed E-state index contributed by atoms with van der Waals surface area (Å²) in [6.45, 7) is 0. The van der Waals surface area contributed by atoms with Crippen LogP contribution in [0.1, 0.15) is 10.4 Å². The van der Waals surface area contributed by atoms with Gasteiger partial charge in [0.15, 0.2) is 5.75 Å². The van der Waals surface area contributed by atoms with Gasteiger partial charge in [0.1, 0.15) is 0 Å². The van der Waals surface area contributed by atoms with Gasteiger partial charge in [0, 0.05) is 5.56 Å². The van der Waals surface area contributed by atoms with E-state index in [1.165, 1.54) is 31.4 Å². The lowest BCUT2D eigenvalue weighted by Crippen LogP contribution is -2.28. The first-order valence-corrected chi connectivity index (χ1v) is 9.92. The molecule has 0 amide bonds. The maximum Gasteiger partial charge on any atom is 0.534 e. The number of hydrogen-bond acceptors (Lipinski definition) is 5. The Morgan fingerprint density at radius 3 is 2.00 bits per heavy atom. The molecule has 3 rings (SSSR count). The van der Waals surface area contributed by atoms with Crippen LogP contribution in [0.3, 0.4) is 0 Å². The van der Waals surface area contributed by atoms with Crippen molar-refractivity contribution in [3.8, 4) is 28.0 Å². The molecule has 0 fully saturated rings. The Balaban J connectivity index is 2.09. The lowest BCUT2D eigenvalue weighted by Gasteiger charge is -2.15. The van der Waals surface area contributed by atoms with Crippen molar-refractivity contribution < 1.29 is 35.3 Å². The number of ether oxygens (including phenoxy) is 1. The quantitative estimate of drug-likeness (QED) is 0.319. The number of carbonyl (C=O) groups is 1. The van der Waals surface area contributed by atoms with Crippen LogP contribution in [0.2, 0.25) is 0 Å². The van der Waals surface area contributed by atoms with Crippen LogP contribution in [0.4, 0.5) is 13.2 Å². The smallest absolute Gasteiger partial charge is 0.465 e. The summed E-state index contributed by atoms with van der Waals surface area (Å²) in [4.78, 5) is 11.6. The SMILES string of the molecule is COC(=O)c1ccc(-c2ccc(-c3ccccc3)c(OS(=O)(=O)C(F)(F)F)c2)cc1. The molecule has 156 valence electrons. The van der Waals surface area contributed by atoms with Gasteiger partial charge in [-0.15, -0.1) is 0 Å². The molecule has 0 bridgehead atoms. The van der Waals surface area contributed by atoms with Gasteiger partial charge in [0.25, 0.3) is 0 Å². The Morgan fingerprint density at radius 1 is 0.833 bits per heavy atom. The van der Waals surface area contributed by atoms with Crippen molar-refractivity contribution in [2.24, 2.45) is 0 Å². The summed E-state index contributed by atoms with van der Waals surface area (Å²) >= 11 is 0. The van der Waals surface area contributed by atoms with Crippen molar-refractivity contribution in [1.82, 2.24) is 0 Å². The van der Waals surface area contributed by atoms with E-state index in [1.54, 1.807) is 48.5 Å². The van der Waals surface area contributed by atoms with Crippen molar-refractivity contribution >= 4 is 16.1 Å². The number of benzene rings is 3. The van der Waals surface area contributed by atoms with Gasteiger partial charge in [-0.25, -0.2) is 4.79 Å². The van der Waals surface area contributed by atoms with Crippen molar-refractivity contribution in [3.63, 3.8) is 0 Å². The fraction of sp³-hybridized carbons (Fsp3) is 0.0952. The van der Waals surface area contributed by atoms with Gasteiger partial charge in [-0.1, -0.05) is 48.5 Å². The summed E-state index contributed by atoms with van der Waals surface area (Å²) in [6, 6.07) is 18.7. The van der Waals surface area contributed by atoms with Crippen LogP contribution in [0.5, 0.6) is 5.75 Å². The zero-order valence-corrected chi connectivity index (χ0v) is 16.3. The van der Waals surface area contributed by atoms with Gasteiger partial charge in [-0.3, -0.25) is 0 Å². The minimum absolute atomic E-state index is 0.179. The second-order valence-electron chi connectivity index (χ2n) is 6.13. The minimum Gasteiger partial charge on any atom is -0.465 e. The van der Waals surface area contributed by atoms with Crippen molar-refractivity contribution in [3.05, 3.63) is 78.4 Å². The summed E-state index contributed by atoms with van der Waals surface area (Å²) in [7, 11) is -4.62. The number of carbonyl (C=O) groups excluding carboxylic acids is 1. The third kappa shape index (κ3) is 4.46. The van der Waals surface area contributed by atoms with Crippen molar-refractivity contribution in [1.29, 1.82) is 0 Å². The Bertz CT molecular complexity index is 1160. The van der Waals surface area contributed by atoms with Crippen LogP contribution in [0.25, 0.3) is 22.3 Å². The van der Waals surface area contributed by atoms with Gasteiger partial charge in [-0.2, -0.15) is 21.6 Å². The molecule has 9 heteroatoms. The second-order valence-corrected chi connectivity index (χ2v) is 7.67. The number of esters is 1. The molecule has 5 nitrogen and oxygen atoms in total. The summed E-state index contributed by atoms with van der Waals surface area (Å²) < 4.78 is 70.9. The standard InChI is InChI=1S/C21H15F3O5S/c1-28-20(25)16-9-7-14(8-10-16)17-11-12-18(15-5-3-2-4-6-15)19(13-17)29-30(26,27)21(22,23)24/h2-13H,1H3. The van der Waals surface area contributed by atoms with E-state index in [2.05, 4.69) is 8.92 Å². The summed E-state index contributed by atoms with van der Waals surface area (Å²) in [5, 5.41) is 0.